The van der Waals surface area contributed by atoms with Crippen LogP contribution in [0, 0.1) is 17.0 Å². The summed E-state index contributed by atoms with van der Waals surface area (Å²) in [6, 6.07) is 17.0. The van der Waals surface area contributed by atoms with Crippen molar-refractivity contribution in [2.75, 3.05) is 44.2 Å². The Morgan fingerprint density at radius 3 is 2.36 bits per heavy atom. The van der Waals surface area contributed by atoms with Crippen LogP contribution in [0.2, 0.25) is 0 Å². The molecule has 3 heterocycles. The summed E-state index contributed by atoms with van der Waals surface area (Å²) >= 11 is 0. The number of alkyl halides is 2. The Morgan fingerprint density at radius 1 is 0.949 bits per heavy atom. The van der Waals surface area contributed by atoms with Crippen molar-refractivity contribution in [1.29, 1.82) is 0 Å². The predicted molar refractivity (Wildman–Crippen MR) is 143 cm³/mol. The van der Waals surface area contributed by atoms with Crippen LogP contribution >= 0.6 is 0 Å². The number of nitrogens with zero attached hydrogens (tertiary/aromatic N) is 2. The van der Waals surface area contributed by atoms with E-state index in [0.717, 1.165) is 50.1 Å². The average molecular weight is 540 g/mol. The molecule has 0 saturated carbocycles. The molecule has 2 fully saturated rings. The van der Waals surface area contributed by atoms with E-state index in [1.165, 1.54) is 17.0 Å². The van der Waals surface area contributed by atoms with E-state index in [0.29, 0.717) is 30.0 Å². The molecular weight excluding hydrogens is 506 g/mol. The van der Waals surface area contributed by atoms with E-state index in [2.05, 4.69) is 5.32 Å². The Bertz CT molecular complexity index is 1280. The number of anilines is 1. The quantitative estimate of drug-likeness (QED) is 0.376. The van der Waals surface area contributed by atoms with E-state index < -0.39 is 30.6 Å². The first-order valence-corrected chi connectivity index (χ1v) is 13.7. The summed E-state index contributed by atoms with van der Waals surface area (Å²) in [6.07, 6.45) is -0.00126. The molecule has 3 aliphatic rings. The van der Waals surface area contributed by atoms with Crippen LogP contribution in [-0.4, -0.2) is 50.6 Å². The SMILES string of the molecule is Fc1cc(N2CC3(CCNCC3)C2)cc(F)c1C1c2ccc(OCc3ccccc3)cc2CCN1CC(F)F. The summed E-state index contributed by atoms with van der Waals surface area (Å²) in [5.74, 6) is -0.754. The third-order valence-corrected chi connectivity index (χ3v) is 8.48. The van der Waals surface area contributed by atoms with Crippen molar-refractivity contribution < 1.29 is 22.3 Å². The maximum Gasteiger partial charge on any atom is 0.251 e. The third kappa shape index (κ3) is 5.37. The van der Waals surface area contributed by atoms with Crippen molar-refractivity contribution in [3.8, 4) is 5.75 Å². The van der Waals surface area contributed by atoms with Gasteiger partial charge in [-0.2, -0.15) is 0 Å². The topological polar surface area (TPSA) is 27.7 Å². The summed E-state index contributed by atoms with van der Waals surface area (Å²) in [7, 11) is 0. The van der Waals surface area contributed by atoms with Crippen LogP contribution in [0.1, 0.15) is 41.1 Å². The fourth-order valence-corrected chi connectivity index (χ4v) is 6.43. The highest BCUT2D eigenvalue weighted by atomic mass is 19.3. The molecule has 3 aliphatic heterocycles. The second-order valence-corrected chi connectivity index (χ2v) is 11.1. The van der Waals surface area contributed by atoms with E-state index >= 15 is 8.78 Å². The molecule has 0 radical (unpaired) electrons. The minimum absolute atomic E-state index is 0.171. The van der Waals surface area contributed by atoms with Gasteiger partial charge >= 0.3 is 0 Å². The lowest BCUT2D eigenvalue weighted by atomic mass is 9.72. The summed E-state index contributed by atoms with van der Waals surface area (Å²) in [4.78, 5) is 3.51. The Labute approximate surface area is 226 Å². The number of fused-ring (bicyclic) bond motifs is 1. The Hall–Kier alpha value is -3.10. The highest BCUT2D eigenvalue weighted by Gasteiger charge is 2.44. The van der Waals surface area contributed by atoms with Crippen molar-refractivity contribution in [2.45, 2.75) is 38.3 Å². The van der Waals surface area contributed by atoms with Gasteiger partial charge in [0.05, 0.1) is 12.6 Å². The molecule has 1 unspecified atom stereocenters. The van der Waals surface area contributed by atoms with Crippen molar-refractivity contribution in [3.63, 3.8) is 0 Å². The molecule has 1 N–H and O–H groups in total. The Kier molecular flexibility index (Phi) is 7.25. The molecule has 206 valence electrons. The van der Waals surface area contributed by atoms with Gasteiger partial charge in [0, 0.05) is 36.3 Å². The number of rotatable bonds is 7. The van der Waals surface area contributed by atoms with E-state index in [9.17, 15) is 8.78 Å². The zero-order valence-electron chi connectivity index (χ0n) is 21.8. The number of nitrogens with one attached hydrogen (secondary N) is 1. The molecule has 6 rings (SSSR count). The second-order valence-electron chi connectivity index (χ2n) is 11.1. The summed E-state index contributed by atoms with van der Waals surface area (Å²) < 4.78 is 64.5. The van der Waals surface area contributed by atoms with Crippen LogP contribution in [-0.2, 0) is 13.0 Å². The average Bonchev–Trinajstić information content (AvgIpc) is 2.91. The lowest BCUT2D eigenvalue weighted by Gasteiger charge is -2.53. The van der Waals surface area contributed by atoms with Gasteiger partial charge in [0.1, 0.15) is 24.0 Å². The fraction of sp³-hybridized carbons (Fsp3) is 0.419. The van der Waals surface area contributed by atoms with E-state index in [-0.39, 0.29) is 17.5 Å². The van der Waals surface area contributed by atoms with Crippen LogP contribution in [0.5, 0.6) is 5.75 Å². The number of halogens is 4. The lowest BCUT2D eigenvalue weighted by molar-refractivity contribution is 0.0686. The highest BCUT2D eigenvalue weighted by molar-refractivity contribution is 5.54. The molecule has 3 aromatic rings. The lowest BCUT2D eigenvalue weighted by Crippen LogP contribution is -2.60. The van der Waals surface area contributed by atoms with Crippen LogP contribution in [0.4, 0.5) is 23.2 Å². The molecule has 2 saturated heterocycles. The maximum atomic E-state index is 15.7. The van der Waals surface area contributed by atoms with E-state index in [4.69, 9.17) is 4.74 Å². The number of piperidine rings is 1. The predicted octanol–water partition coefficient (Wildman–Crippen LogP) is 5.95. The van der Waals surface area contributed by atoms with Gasteiger partial charge in [-0.3, -0.25) is 4.90 Å². The molecule has 1 spiro atoms. The Morgan fingerprint density at radius 2 is 1.67 bits per heavy atom. The van der Waals surface area contributed by atoms with Crippen molar-refractivity contribution in [1.82, 2.24) is 10.2 Å². The van der Waals surface area contributed by atoms with Gasteiger partial charge in [0.2, 0.25) is 0 Å². The highest BCUT2D eigenvalue weighted by Crippen LogP contribution is 2.44. The van der Waals surface area contributed by atoms with E-state index in [1.807, 2.05) is 41.3 Å². The molecule has 3 aromatic carbocycles. The minimum atomic E-state index is -2.62. The number of hydrogen-bond donors (Lipinski definition) is 1. The third-order valence-electron chi connectivity index (χ3n) is 8.48. The largest absolute Gasteiger partial charge is 0.489 e. The molecule has 4 nitrogen and oxygen atoms in total. The number of benzene rings is 3. The van der Waals surface area contributed by atoms with Crippen molar-refractivity contribution in [2.24, 2.45) is 5.41 Å². The summed E-state index contributed by atoms with van der Waals surface area (Å²) in [5, 5.41) is 3.36. The van der Waals surface area contributed by atoms with Crippen LogP contribution in [0.25, 0.3) is 0 Å². The van der Waals surface area contributed by atoms with Crippen molar-refractivity contribution >= 4 is 5.69 Å². The Balaban J connectivity index is 1.27. The molecule has 1 atom stereocenters. The zero-order chi connectivity index (χ0) is 27.0. The normalized spacial score (nSPS) is 20.6. The number of ether oxygens (including phenoxy) is 1. The first-order valence-electron chi connectivity index (χ1n) is 13.7. The van der Waals surface area contributed by atoms with Gasteiger partial charge in [-0.1, -0.05) is 36.4 Å². The summed E-state index contributed by atoms with van der Waals surface area (Å²) in [6.45, 7) is 3.60. The molecule has 0 bridgehead atoms. The molecule has 0 aromatic heterocycles. The first-order chi connectivity index (χ1) is 18.9. The van der Waals surface area contributed by atoms with Gasteiger partial charge in [0.25, 0.3) is 6.43 Å². The van der Waals surface area contributed by atoms with Gasteiger partial charge in [-0.05, 0) is 73.3 Å². The standard InChI is InChI=1S/C31H33F4N3O/c32-26-15-23(38-19-31(20-38)9-11-36-12-10-31)16-27(33)29(26)30-25-7-6-24(39-18-21-4-2-1-3-5-21)14-22(25)8-13-37(30)17-28(34)35/h1-7,14-16,28,30,36H,8-13,17-20H2. The van der Waals surface area contributed by atoms with Crippen LogP contribution in [0.15, 0.2) is 60.7 Å². The first kappa shape index (κ1) is 26.1. The van der Waals surface area contributed by atoms with E-state index in [1.54, 1.807) is 12.1 Å². The fourth-order valence-electron chi connectivity index (χ4n) is 6.43. The molecule has 0 amide bonds. The molecule has 8 heteroatoms. The van der Waals surface area contributed by atoms with Gasteiger partial charge in [-0.15, -0.1) is 0 Å². The molecule has 39 heavy (non-hydrogen) atoms. The van der Waals surface area contributed by atoms with Gasteiger partial charge in [-0.25, -0.2) is 17.6 Å². The van der Waals surface area contributed by atoms with Crippen LogP contribution in [0.3, 0.4) is 0 Å². The van der Waals surface area contributed by atoms with Gasteiger partial charge < -0.3 is 15.0 Å². The number of hydrogen-bond acceptors (Lipinski definition) is 4. The second kappa shape index (κ2) is 10.8. The van der Waals surface area contributed by atoms with Crippen LogP contribution < -0.4 is 15.0 Å². The summed E-state index contributed by atoms with van der Waals surface area (Å²) in [5.41, 5.74) is 3.07. The monoisotopic (exact) mass is 539 g/mol. The molecular formula is C31H33F4N3O. The maximum absolute atomic E-state index is 15.7. The van der Waals surface area contributed by atoms with Crippen molar-refractivity contribution in [3.05, 3.63) is 94.6 Å². The van der Waals surface area contributed by atoms with Gasteiger partial charge in [0.15, 0.2) is 0 Å². The molecule has 0 aliphatic carbocycles. The minimum Gasteiger partial charge on any atom is -0.489 e. The zero-order valence-corrected chi connectivity index (χ0v) is 21.8. The smallest absolute Gasteiger partial charge is 0.251 e.